The number of nitrogens with one attached hydrogen (secondary N) is 1. The van der Waals surface area contributed by atoms with Gasteiger partial charge in [-0.05, 0) is 38.5 Å². The molecule has 8 heteroatoms. The maximum Gasteiger partial charge on any atom is 0.419 e. The van der Waals surface area contributed by atoms with Crippen molar-refractivity contribution in [2.24, 2.45) is 5.11 Å². The Morgan fingerprint density at radius 1 is 1.29 bits per heavy atom. The first-order valence-corrected chi connectivity index (χ1v) is 7.26. The van der Waals surface area contributed by atoms with Crippen LogP contribution < -0.4 is 4.91 Å². The molecule has 0 aliphatic heterocycles. The highest BCUT2D eigenvalue weighted by Gasteiger charge is 2.25. The summed E-state index contributed by atoms with van der Waals surface area (Å²) in [7, 11) is 1.25. The van der Waals surface area contributed by atoms with Crippen LogP contribution in [0.1, 0.15) is 36.8 Å². The number of aromatic nitrogens is 1. The van der Waals surface area contributed by atoms with Gasteiger partial charge in [0.05, 0.1) is 12.6 Å². The van der Waals surface area contributed by atoms with Crippen molar-refractivity contribution in [3.63, 3.8) is 0 Å². The third-order valence-corrected chi connectivity index (χ3v) is 3.16. The summed E-state index contributed by atoms with van der Waals surface area (Å²) in [6, 6.07) is 6.83. The molecule has 2 rings (SSSR count). The highest BCUT2D eigenvalue weighted by molar-refractivity contribution is 6.01. The van der Waals surface area contributed by atoms with E-state index in [0.717, 1.165) is 5.56 Å². The fraction of sp³-hybridized carbons (Fsp3) is 0.375. The molecule has 0 unspecified atom stereocenters. The minimum absolute atomic E-state index is 0.0843. The van der Waals surface area contributed by atoms with Crippen LogP contribution in [0.25, 0.3) is 10.9 Å². The van der Waals surface area contributed by atoms with Crippen LogP contribution in [0.5, 0.6) is 0 Å². The van der Waals surface area contributed by atoms with Gasteiger partial charge in [-0.15, -0.1) is 0 Å². The highest BCUT2D eigenvalue weighted by Crippen LogP contribution is 2.24. The molecular weight excluding hydrogens is 312 g/mol. The number of methoxy groups -OCH3 is 1. The molecule has 0 saturated carbocycles. The zero-order valence-electron chi connectivity index (χ0n) is 14.0. The molecule has 2 aromatic rings. The molecule has 0 fully saturated rings. The maximum atomic E-state index is 12.6. The molecule has 0 atom stereocenters. The van der Waals surface area contributed by atoms with E-state index in [2.05, 4.69) is 10.0 Å². The molecule has 8 nitrogen and oxygen atoms in total. The van der Waals surface area contributed by atoms with Crippen molar-refractivity contribution in [3.05, 3.63) is 35.5 Å². The lowest BCUT2D eigenvalue weighted by molar-refractivity contribution is 0.0489. The minimum Gasteiger partial charge on any atom is -0.464 e. The van der Waals surface area contributed by atoms with Gasteiger partial charge in [0, 0.05) is 5.39 Å². The lowest BCUT2D eigenvalue weighted by Crippen LogP contribution is -2.29. The van der Waals surface area contributed by atoms with Gasteiger partial charge in [0.25, 0.3) is 0 Å². The molecule has 0 spiro atoms. The van der Waals surface area contributed by atoms with Crippen molar-refractivity contribution in [1.29, 1.82) is 5.53 Å². The molecular formula is C16H19N4O4+. The number of carbonyl (C=O) groups is 2. The van der Waals surface area contributed by atoms with Crippen LogP contribution in [0, 0.1) is 5.53 Å². The molecule has 1 aromatic carbocycles. The molecule has 0 bridgehead atoms. The largest absolute Gasteiger partial charge is 0.464 e. The van der Waals surface area contributed by atoms with Crippen LogP contribution in [0.4, 0.5) is 4.79 Å². The average Bonchev–Trinajstić information content (AvgIpc) is 2.89. The third kappa shape index (κ3) is 3.67. The number of carbonyl (C=O) groups excluding carboxylic acids is 2. The summed E-state index contributed by atoms with van der Waals surface area (Å²) in [6.45, 7) is 5.43. The van der Waals surface area contributed by atoms with Crippen LogP contribution in [0.15, 0.2) is 29.4 Å². The monoisotopic (exact) mass is 331 g/mol. The number of rotatable bonds is 3. The van der Waals surface area contributed by atoms with Crippen molar-refractivity contribution in [3.8, 4) is 0 Å². The quantitative estimate of drug-likeness (QED) is 0.529. The topological polar surface area (TPSA) is 108 Å². The van der Waals surface area contributed by atoms with Crippen LogP contribution in [-0.4, -0.2) is 29.3 Å². The fourth-order valence-electron chi connectivity index (χ4n) is 2.22. The Morgan fingerprint density at radius 2 is 2.00 bits per heavy atom. The van der Waals surface area contributed by atoms with Gasteiger partial charge in [-0.25, -0.2) is 14.2 Å². The smallest absolute Gasteiger partial charge is 0.419 e. The standard InChI is InChI=1S/C16H19N4O4/c1-16(2,3)24-15(22)20-12-7-10(9-18-19-17)5-6-11(12)8-13(20)14(21)23-4/h5-8,17H,9H2,1-4H3/q+1. The number of ether oxygens (including phenoxy) is 2. The molecule has 126 valence electrons. The summed E-state index contributed by atoms with van der Waals surface area (Å²) in [5.41, 5.74) is 7.35. The Bertz CT molecular complexity index is 842. The number of nitrogens with zero attached hydrogens (tertiary/aromatic N) is 3. The van der Waals surface area contributed by atoms with Crippen molar-refractivity contribution in [2.45, 2.75) is 32.9 Å². The second-order valence-electron chi connectivity index (χ2n) is 6.13. The summed E-state index contributed by atoms with van der Waals surface area (Å²) < 4.78 is 11.3. The normalized spacial score (nSPS) is 11.0. The van der Waals surface area contributed by atoms with Gasteiger partial charge in [0.2, 0.25) is 4.91 Å². The predicted molar refractivity (Wildman–Crippen MR) is 85.9 cm³/mol. The second-order valence-corrected chi connectivity index (χ2v) is 6.13. The van der Waals surface area contributed by atoms with Gasteiger partial charge in [-0.3, -0.25) is 0 Å². The van der Waals surface area contributed by atoms with E-state index in [4.69, 9.17) is 15.0 Å². The van der Waals surface area contributed by atoms with Crippen LogP contribution in [0.3, 0.4) is 0 Å². The van der Waals surface area contributed by atoms with Crippen molar-refractivity contribution in [1.82, 2.24) is 9.48 Å². The van der Waals surface area contributed by atoms with E-state index in [1.54, 1.807) is 45.0 Å². The number of esters is 1. The molecule has 24 heavy (non-hydrogen) atoms. The SMILES string of the molecule is COC(=O)c1cc2ccc(CN=[N+]=N)cc2n1C(=O)OC(C)(C)C. The van der Waals surface area contributed by atoms with E-state index >= 15 is 0 Å². The number of fused-ring (bicyclic) bond motifs is 1. The van der Waals surface area contributed by atoms with Gasteiger partial charge >= 0.3 is 12.1 Å². The minimum atomic E-state index is -0.710. The van der Waals surface area contributed by atoms with E-state index in [9.17, 15) is 9.59 Å². The number of benzene rings is 1. The first-order chi connectivity index (χ1) is 11.3. The van der Waals surface area contributed by atoms with Gasteiger partial charge in [-0.2, -0.15) is 0 Å². The van der Waals surface area contributed by atoms with Gasteiger partial charge in [-0.1, -0.05) is 12.1 Å². The average molecular weight is 331 g/mol. The lowest BCUT2D eigenvalue weighted by Gasteiger charge is -2.20. The summed E-state index contributed by atoms with van der Waals surface area (Å²) in [4.78, 5) is 27.6. The Hall–Kier alpha value is -2.99. The molecule has 0 saturated heterocycles. The first kappa shape index (κ1) is 17.4. The lowest BCUT2D eigenvalue weighted by atomic mass is 10.1. The Balaban J connectivity index is 2.63. The zero-order valence-corrected chi connectivity index (χ0v) is 14.0. The van der Waals surface area contributed by atoms with Crippen molar-refractivity contribution >= 4 is 23.0 Å². The number of hydrogen-bond acceptors (Lipinski definition) is 6. The molecule has 0 amide bonds. The van der Waals surface area contributed by atoms with Gasteiger partial charge in [0.1, 0.15) is 28.5 Å². The highest BCUT2D eigenvalue weighted by atomic mass is 16.6. The van der Waals surface area contributed by atoms with E-state index in [1.165, 1.54) is 11.7 Å². The molecule has 0 aliphatic rings. The fourth-order valence-corrected chi connectivity index (χ4v) is 2.22. The molecule has 0 aliphatic carbocycles. The van der Waals surface area contributed by atoms with Crippen molar-refractivity contribution in [2.75, 3.05) is 7.11 Å². The van der Waals surface area contributed by atoms with E-state index in [0.29, 0.717) is 10.9 Å². The summed E-state index contributed by atoms with van der Waals surface area (Å²) in [5.74, 6) is -0.635. The van der Waals surface area contributed by atoms with Crippen LogP contribution in [0.2, 0.25) is 0 Å². The van der Waals surface area contributed by atoms with Crippen LogP contribution in [-0.2, 0) is 16.0 Å². The number of hydrogen-bond donors (Lipinski definition) is 1. The molecule has 1 aromatic heterocycles. The molecule has 1 N–H and O–H groups in total. The predicted octanol–water partition coefficient (Wildman–Crippen LogP) is 3.26. The Kier molecular flexibility index (Phi) is 4.80. The zero-order chi connectivity index (χ0) is 17.9. The second kappa shape index (κ2) is 6.64. The molecule has 1 heterocycles. The Morgan fingerprint density at radius 3 is 2.58 bits per heavy atom. The Labute approximate surface area is 138 Å². The summed E-state index contributed by atoms with van der Waals surface area (Å²) >= 11 is 0. The van der Waals surface area contributed by atoms with Crippen LogP contribution >= 0.6 is 0 Å². The maximum absolute atomic E-state index is 12.6. The van der Waals surface area contributed by atoms with Crippen molar-refractivity contribution < 1.29 is 19.1 Å². The van der Waals surface area contributed by atoms with E-state index < -0.39 is 17.7 Å². The van der Waals surface area contributed by atoms with E-state index in [1.807, 2.05) is 0 Å². The van der Waals surface area contributed by atoms with Gasteiger partial charge in [0.15, 0.2) is 0 Å². The molecule has 0 radical (unpaired) electrons. The first-order valence-electron chi connectivity index (χ1n) is 7.26. The van der Waals surface area contributed by atoms with E-state index in [-0.39, 0.29) is 12.2 Å². The van der Waals surface area contributed by atoms with Gasteiger partial charge < -0.3 is 9.47 Å². The third-order valence-electron chi connectivity index (χ3n) is 3.16. The summed E-state index contributed by atoms with van der Waals surface area (Å²) in [6.07, 6.45) is -0.669. The summed E-state index contributed by atoms with van der Waals surface area (Å²) in [5, 5.41) is 4.30.